The first-order chi connectivity index (χ1) is 7.98. The van der Waals surface area contributed by atoms with Crippen molar-refractivity contribution < 1.29 is 8.42 Å². The fourth-order valence-corrected chi connectivity index (χ4v) is 2.28. The number of nitrogens with two attached hydrogens (primary N) is 1. The molecule has 0 fully saturated rings. The van der Waals surface area contributed by atoms with Crippen LogP contribution in [-0.2, 0) is 9.84 Å². The van der Waals surface area contributed by atoms with Gasteiger partial charge in [0.2, 0.25) is 0 Å². The van der Waals surface area contributed by atoms with Crippen LogP contribution >= 0.6 is 0 Å². The van der Waals surface area contributed by atoms with Gasteiger partial charge in [0.25, 0.3) is 0 Å². The Kier molecular flexibility index (Phi) is 2.85. The molecule has 0 bridgehead atoms. The quantitative estimate of drug-likeness (QED) is 0.878. The van der Waals surface area contributed by atoms with E-state index in [0.29, 0.717) is 5.69 Å². The van der Waals surface area contributed by atoms with Crippen molar-refractivity contribution in [2.75, 3.05) is 12.0 Å². The van der Waals surface area contributed by atoms with Crippen LogP contribution in [0, 0.1) is 0 Å². The highest BCUT2D eigenvalue weighted by atomic mass is 32.2. The molecule has 4 nitrogen and oxygen atoms in total. The van der Waals surface area contributed by atoms with Gasteiger partial charge in [0, 0.05) is 11.8 Å². The van der Waals surface area contributed by atoms with E-state index in [0.717, 1.165) is 11.8 Å². The molecule has 2 aromatic rings. The van der Waals surface area contributed by atoms with Crippen molar-refractivity contribution in [3.8, 4) is 11.3 Å². The summed E-state index contributed by atoms with van der Waals surface area (Å²) in [6, 6.07) is 12.6. The molecule has 0 atom stereocenters. The third-order valence-corrected chi connectivity index (χ3v) is 3.34. The molecule has 17 heavy (non-hydrogen) atoms. The molecule has 0 saturated heterocycles. The molecule has 0 aliphatic carbocycles. The summed E-state index contributed by atoms with van der Waals surface area (Å²) in [6.07, 6.45) is 1.10. The molecule has 2 rings (SSSR count). The van der Waals surface area contributed by atoms with Gasteiger partial charge in [-0.1, -0.05) is 30.3 Å². The standard InChI is InChI=1S/C12H12N2O2S/c1-17(15,16)12-10(13)7-8-11(14-12)9-5-3-2-4-6-9/h2-8H,13H2,1H3. The smallest absolute Gasteiger partial charge is 0.194 e. The Hall–Kier alpha value is -1.88. The second kappa shape index (κ2) is 4.18. The van der Waals surface area contributed by atoms with Gasteiger partial charge >= 0.3 is 0 Å². The lowest BCUT2D eigenvalue weighted by atomic mass is 10.1. The number of pyridine rings is 1. The predicted molar refractivity (Wildman–Crippen MR) is 67.2 cm³/mol. The van der Waals surface area contributed by atoms with Crippen molar-refractivity contribution in [3.05, 3.63) is 42.5 Å². The maximum Gasteiger partial charge on any atom is 0.194 e. The molecule has 0 saturated carbocycles. The van der Waals surface area contributed by atoms with Crippen LogP contribution < -0.4 is 5.73 Å². The topological polar surface area (TPSA) is 73.0 Å². The van der Waals surface area contributed by atoms with Crippen LogP contribution in [0.25, 0.3) is 11.3 Å². The summed E-state index contributed by atoms with van der Waals surface area (Å²) in [5, 5.41) is -0.0705. The van der Waals surface area contributed by atoms with Crippen molar-refractivity contribution in [1.29, 1.82) is 0 Å². The lowest BCUT2D eigenvalue weighted by Gasteiger charge is -2.06. The summed E-state index contributed by atoms with van der Waals surface area (Å²) in [5.41, 5.74) is 7.24. The number of benzene rings is 1. The van der Waals surface area contributed by atoms with Gasteiger partial charge in [0.15, 0.2) is 14.9 Å². The first-order valence-electron chi connectivity index (χ1n) is 5.00. The number of nitrogen functional groups attached to an aromatic ring is 1. The first-order valence-corrected chi connectivity index (χ1v) is 6.89. The minimum absolute atomic E-state index is 0.0705. The van der Waals surface area contributed by atoms with Crippen molar-refractivity contribution in [2.45, 2.75) is 5.03 Å². The van der Waals surface area contributed by atoms with E-state index < -0.39 is 9.84 Å². The van der Waals surface area contributed by atoms with Gasteiger partial charge < -0.3 is 5.73 Å². The van der Waals surface area contributed by atoms with Crippen LogP contribution in [0.5, 0.6) is 0 Å². The normalized spacial score (nSPS) is 11.4. The predicted octanol–water partition coefficient (Wildman–Crippen LogP) is 1.73. The molecule has 0 aliphatic heterocycles. The van der Waals surface area contributed by atoms with E-state index in [4.69, 9.17) is 5.73 Å². The van der Waals surface area contributed by atoms with Crippen LogP contribution in [0.4, 0.5) is 5.69 Å². The van der Waals surface area contributed by atoms with E-state index >= 15 is 0 Å². The number of anilines is 1. The Morgan fingerprint density at radius 2 is 1.71 bits per heavy atom. The van der Waals surface area contributed by atoms with Crippen molar-refractivity contribution >= 4 is 15.5 Å². The molecule has 2 N–H and O–H groups in total. The van der Waals surface area contributed by atoms with E-state index in [9.17, 15) is 8.42 Å². The van der Waals surface area contributed by atoms with E-state index in [1.165, 1.54) is 0 Å². The lowest BCUT2D eigenvalue weighted by Crippen LogP contribution is -2.06. The second-order valence-corrected chi connectivity index (χ2v) is 5.66. The van der Waals surface area contributed by atoms with Crippen LogP contribution in [0.3, 0.4) is 0 Å². The molecule has 0 aliphatic rings. The highest BCUT2D eigenvalue weighted by Crippen LogP contribution is 2.22. The molecule has 1 heterocycles. The molecule has 5 heteroatoms. The number of nitrogens with zero attached hydrogens (tertiary/aromatic N) is 1. The lowest BCUT2D eigenvalue weighted by molar-refractivity contribution is 0.599. The highest BCUT2D eigenvalue weighted by molar-refractivity contribution is 7.90. The largest absolute Gasteiger partial charge is 0.396 e. The molecule has 0 radical (unpaired) electrons. The van der Waals surface area contributed by atoms with Crippen LogP contribution in [0.1, 0.15) is 0 Å². The second-order valence-electron chi connectivity index (χ2n) is 3.73. The summed E-state index contributed by atoms with van der Waals surface area (Å²) >= 11 is 0. The monoisotopic (exact) mass is 248 g/mol. The number of aromatic nitrogens is 1. The van der Waals surface area contributed by atoms with Crippen LogP contribution in [0.15, 0.2) is 47.5 Å². The Labute approximate surface area is 100 Å². The third kappa shape index (κ3) is 2.45. The van der Waals surface area contributed by atoms with Gasteiger partial charge in [0.1, 0.15) is 0 Å². The van der Waals surface area contributed by atoms with Crippen LogP contribution in [-0.4, -0.2) is 19.7 Å². The van der Waals surface area contributed by atoms with Crippen molar-refractivity contribution in [1.82, 2.24) is 4.98 Å². The average molecular weight is 248 g/mol. The Balaban J connectivity index is 2.61. The Morgan fingerprint density at radius 3 is 2.29 bits per heavy atom. The number of sulfone groups is 1. The van der Waals surface area contributed by atoms with E-state index in [2.05, 4.69) is 4.98 Å². The molecule has 88 valence electrons. The molecule has 0 amide bonds. The fraction of sp³-hybridized carbons (Fsp3) is 0.0833. The highest BCUT2D eigenvalue weighted by Gasteiger charge is 2.14. The van der Waals surface area contributed by atoms with Gasteiger partial charge in [-0.15, -0.1) is 0 Å². The fourth-order valence-electron chi connectivity index (χ4n) is 1.52. The van der Waals surface area contributed by atoms with Crippen LogP contribution in [0.2, 0.25) is 0 Å². The number of rotatable bonds is 2. The molecular weight excluding hydrogens is 236 g/mol. The summed E-state index contributed by atoms with van der Waals surface area (Å²) in [4.78, 5) is 4.10. The zero-order valence-electron chi connectivity index (χ0n) is 9.29. The van der Waals surface area contributed by atoms with Gasteiger partial charge in [-0.05, 0) is 12.1 Å². The molecule has 1 aromatic heterocycles. The van der Waals surface area contributed by atoms with Crippen molar-refractivity contribution in [2.24, 2.45) is 0 Å². The van der Waals surface area contributed by atoms with E-state index in [1.807, 2.05) is 30.3 Å². The summed E-state index contributed by atoms with van der Waals surface area (Å²) < 4.78 is 23.0. The first kappa shape index (κ1) is 11.6. The zero-order chi connectivity index (χ0) is 12.5. The Bertz CT molecular complexity index is 637. The SMILES string of the molecule is CS(=O)(=O)c1nc(-c2ccccc2)ccc1N. The molecule has 0 spiro atoms. The van der Waals surface area contributed by atoms with Gasteiger partial charge in [0.05, 0.1) is 11.4 Å². The number of hydrogen-bond donors (Lipinski definition) is 1. The summed E-state index contributed by atoms with van der Waals surface area (Å²) in [5.74, 6) is 0. The third-order valence-electron chi connectivity index (χ3n) is 2.31. The van der Waals surface area contributed by atoms with Gasteiger partial charge in [-0.2, -0.15) is 0 Å². The molecule has 0 unspecified atom stereocenters. The zero-order valence-corrected chi connectivity index (χ0v) is 10.1. The van der Waals surface area contributed by atoms with E-state index in [-0.39, 0.29) is 10.7 Å². The summed E-state index contributed by atoms with van der Waals surface area (Å²) in [7, 11) is -3.40. The molecule has 1 aromatic carbocycles. The maximum absolute atomic E-state index is 11.5. The minimum Gasteiger partial charge on any atom is -0.396 e. The number of hydrogen-bond acceptors (Lipinski definition) is 4. The van der Waals surface area contributed by atoms with Crippen molar-refractivity contribution in [3.63, 3.8) is 0 Å². The molecular formula is C12H12N2O2S. The van der Waals surface area contributed by atoms with Gasteiger partial charge in [-0.25, -0.2) is 13.4 Å². The van der Waals surface area contributed by atoms with E-state index in [1.54, 1.807) is 12.1 Å². The maximum atomic E-state index is 11.5. The minimum atomic E-state index is -3.40. The summed E-state index contributed by atoms with van der Waals surface area (Å²) in [6.45, 7) is 0. The Morgan fingerprint density at radius 1 is 1.06 bits per heavy atom. The average Bonchev–Trinajstić information content (AvgIpc) is 2.29. The van der Waals surface area contributed by atoms with Gasteiger partial charge in [-0.3, -0.25) is 0 Å².